The average molecular weight is 509 g/mol. The number of benzene rings is 3. The predicted octanol–water partition coefficient (Wildman–Crippen LogP) is 5.00. The Morgan fingerprint density at radius 3 is 2.63 bits per heavy atom. The Morgan fingerprint density at radius 1 is 1.13 bits per heavy atom. The molecule has 0 bridgehead atoms. The van der Waals surface area contributed by atoms with Crippen LogP contribution < -0.4 is 5.56 Å². The van der Waals surface area contributed by atoms with Gasteiger partial charge in [0, 0.05) is 13.5 Å². The van der Waals surface area contributed by atoms with E-state index in [-0.39, 0.29) is 24.3 Å². The normalized spacial score (nSPS) is 17.6. The molecule has 1 aromatic heterocycles. The Balaban J connectivity index is 1.51. The van der Waals surface area contributed by atoms with Gasteiger partial charge in [0.1, 0.15) is 11.9 Å². The third-order valence-electron chi connectivity index (χ3n) is 7.29. The van der Waals surface area contributed by atoms with Crippen LogP contribution in [0, 0.1) is 11.3 Å². The van der Waals surface area contributed by atoms with Crippen LogP contribution in [-0.4, -0.2) is 39.5 Å². The SMILES string of the molecule is CCCCc1nc2ccc(C3CC(CO)ON3C)cc2c(=O)n1Cc1ccc(-c2ccccc2C#N)cc1. The second-order valence-electron chi connectivity index (χ2n) is 9.86. The molecule has 4 aromatic rings. The molecule has 1 fully saturated rings. The van der Waals surface area contributed by atoms with Crippen molar-refractivity contribution in [2.24, 2.45) is 0 Å². The van der Waals surface area contributed by atoms with Crippen LogP contribution in [0.2, 0.25) is 0 Å². The van der Waals surface area contributed by atoms with Crippen molar-refractivity contribution in [2.75, 3.05) is 13.7 Å². The van der Waals surface area contributed by atoms with Gasteiger partial charge in [0.15, 0.2) is 0 Å². The van der Waals surface area contributed by atoms with E-state index in [1.165, 1.54) is 0 Å². The fraction of sp³-hybridized carbons (Fsp3) is 0.323. The molecule has 7 nitrogen and oxygen atoms in total. The fourth-order valence-corrected chi connectivity index (χ4v) is 5.19. The van der Waals surface area contributed by atoms with Gasteiger partial charge in [-0.15, -0.1) is 0 Å². The monoisotopic (exact) mass is 508 g/mol. The third-order valence-corrected chi connectivity index (χ3v) is 7.29. The molecular formula is C31H32N4O3. The average Bonchev–Trinajstić information content (AvgIpc) is 3.34. The number of aromatic nitrogens is 2. The predicted molar refractivity (Wildman–Crippen MR) is 147 cm³/mol. The number of hydrogen-bond donors (Lipinski definition) is 1. The van der Waals surface area contributed by atoms with Gasteiger partial charge in [-0.2, -0.15) is 10.3 Å². The smallest absolute Gasteiger partial charge is 0.261 e. The van der Waals surface area contributed by atoms with Crippen molar-refractivity contribution >= 4 is 10.9 Å². The molecule has 1 saturated heterocycles. The highest BCUT2D eigenvalue weighted by Gasteiger charge is 2.32. The molecule has 2 heterocycles. The van der Waals surface area contributed by atoms with E-state index in [1.807, 2.05) is 73.8 Å². The lowest BCUT2D eigenvalue weighted by Crippen LogP contribution is -2.26. The first-order valence-corrected chi connectivity index (χ1v) is 13.1. The largest absolute Gasteiger partial charge is 0.394 e. The Kier molecular flexibility index (Phi) is 7.66. The Hall–Kier alpha value is -3.83. The second-order valence-corrected chi connectivity index (χ2v) is 9.86. The number of fused-ring (bicyclic) bond motifs is 1. The highest BCUT2D eigenvalue weighted by Crippen LogP contribution is 2.33. The number of hydroxylamine groups is 2. The molecule has 1 aliphatic heterocycles. The first-order chi connectivity index (χ1) is 18.5. The number of aliphatic hydroxyl groups is 1. The summed E-state index contributed by atoms with van der Waals surface area (Å²) in [5, 5.41) is 21.3. The zero-order valence-electron chi connectivity index (χ0n) is 21.8. The van der Waals surface area contributed by atoms with E-state index in [0.717, 1.165) is 47.3 Å². The fourth-order valence-electron chi connectivity index (χ4n) is 5.19. The number of rotatable bonds is 8. The first-order valence-electron chi connectivity index (χ1n) is 13.1. The molecule has 0 saturated carbocycles. The van der Waals surface area contributed by atoms with E-state index < -0.39 is 0 Å². The Bertz CT molecular complexity index is 1540. The molecule has 0 spiro atoms. The highest BCUT2D eigenvalue weighted by molar-refractivity contribution is 5.78. The molecular weight excluding hydrogens is 476 g/mol. The highest BCUT2D eigenvalue weighted by atomic mass is 16.7. The lowest BCUT2D eigenvalue weighted by atomic mass is 9.99. The molecule has 1 aliphatic rings. The summed E-state index contributed by atoms with van der Waals surface area (Å²) in [6, 6.07) is 23.7. The molecule has 7 heteroatoms. The van der Waals surface area contributed by atoms with Crippen LogP contribution in [0.4, 0.5) is 0 Å². The summed E-state index contributed by atoms with van der Waals surface area (Å²) in [4.78, 5) is 24.5. The van der Waals surface area contributed by atoms with Gasteiger partial charge in [0.05, 0.1) is 41.7 Å². The van der Waals surface area contributed by atoms with Crippen LogP contribution in [0.1, 0.15) is 54.7 Å². The van der Waals surface area contributed by atoms with Crippen LogP contribution in [0.3, 0.4) is 0 Å². The Labute approximate surface area is 222 Å². The summed E-state index contributed by atoms with van der Waals surface area (Å²) in [7, 11) is 1.85. The van der Waals surface area contributed by atoms with E-state index in [0.29, 0.717) is 29.4 Å². The van der Waals surface area contributed by atoms with Gasteiger partial charge in [0.25, 0.3) is 5.56 Å². The molecule has 3 aromatic carbocycles. The molecule has 0 amide bonds. The summed E-state index contributed by atoms with van der Waals surface area (Å²) in [6.45, 7) is 2.52. The van der Waals surface area contributed by atoms with E-state index >= 15 is 0 Å². The standard InChI is InChI=1S/C31H32N4O3/c1-3-4-9-30-33-28-15-14-23(29-17-25(20-36)38-34(29)2)16-27(28)31(37)35(30)19-21-10-12-22(13-11-21)26-8-6-5-7-24(26)18-32/h5-8,10-16,25,29,36H,3-4,9,17,19-20H2,1-2H3. The van der Waals surface area contributed by atoms with Crippen LogP contribution in [0.5, 0.6) is 0 Å². The lowest BCUT2D eigenvalue weighted by Gasteiger charge is -2.19. The minimum absolute atomic E-state index is 0.0343. The van der Waals surface area contributed by atoms with Gasteiger partial charge in [-0.1, -0.05) is 61.9 Å². The quantitative estimate of drug-likeness (QED) is 0.360. The lowest BCUT2D eigenvalue weighted by molar-refractivity contribution is -0.153. The minimum Gasteiger partial charge on any atom is -0.394 e. The number of aryl methyl sites for hydroxylation is 1. The van der Waals surface area contributed by atoms with Gasteiger partial charge >= 0.3 is 0 Å². The van der Waals surface area contributed by atoms with Crippen molar-refractivity contribution in [2.45, 2.75) is 51.3 Å². The Morgan fingerprint density at radius 2 is 1.92 bits per heavy atom. The van der Waals surface area contributed by atoms with Crippen molar-refractivity contribution in [3.63, 3.8) is 0 Å². The van der Waals surface area contributed by atoms with Gasteiger partial charge in [-0.3, -0.25) is 14.2 Å². The number of hydrogen-bond acceptors (Lipinski definition) is 6. The van der Waals surface area contributed by atoms with E-state index in [4.69, 9.17) is 9.82 Å². The molecule has 194 valence electrons. The molecule has 5 rings (SSSR count). The van der Waals surface area contributed by atoms with Crippen molar-refractivity contribution in [3.05, 3.63) is 99.6 Å². The van der Waals surface area contributed by atoms with Gasteiger partial charge in [0.2, 0.25) is 0 Å². The third kappa shape index (κ3) is 5.11. The molecule has 0 radical (unpaired) electrons. The summed E-state index contributed by atoms with van der Waals surface area (Å²) >= 11 is 0. The number of nitrogens with zero attached hydrogens (tertiary/aromatic N) is 4. The van der Waals surface area contributed by atoms with Crippen LogP contribution >= 0.6 is 0 Å². The molecule has 1 N–H and O–H groups in total. The van der Waals surface area contributed by atoms with Crippen LogP contribution in [0.25, 0.3) is 22.0 Å². The molecule has 38 heavy (non-hydrogen) atoms. The maximum atomic E-state index is 13.9. The van der Waals surface area contributed by atoms with Gasteiger partial charge < -0.3 is 5.11 Å². The zero-order valence-corrected chi connectivity index (χ0v) is 21.8. The van der Waals surface area contributed by atoms with E-state index in [9.17, 15) is 15.2 Å². The number of unbranched alkanes of at least 4 members (excludes halogenated alkanes) is 1. The molecule has 2 atom stereocenters. The summed E-state index contributed by atoms with van der Waals surface area (Å²) < 4.78 is 1.80. The van der Waals surface area contributed by atoms with Gasteiger partial charge in [-0.25, -0.2) is 4.98 Å². The summed E-state index contributed by atoms with van der Waals surface area (Å²) in [5.74, 6) is 0.790. The second kappa shape index (κ2) is 11.3. The topological polar surface area (TPSA) is 91.4 Å². The van der Waals surface area contributed by atoms with Crippen molar-refractivity contribution < 1.29 is 9.94 Å². The van der Waals surface area contributed by atoms with Crippen molar-refractivity contribution in [1.82, 2.24) is 14.6 Å². The number of nitriles is 1. The van der Waals surface area contributed by atoms with Crippen LogP contribution in [0.15, 0.2) is 71.5 Å². The zero-order chi connectivity index (χ0) is 26.6. The van der Waals surface area contributed by atoms with Crippen LogP contribution in [-0.2, 0) is 17.8 Å². The van der Waals surface area contributed by atoms with E-state index in [1.54, 1.807) is 9.63 Å². The first kappa shape index (κ1) is 25.8. The van der Waals surface area contributed by atoms with Crippen molar-refractivity contribution in [1.29, 1.82) is 5.26 Å². The molecule has 0 aliphatic carbocycles. The van der Waals surface area contributed by atoms with Crippen molar-refractivity contribution in [3.8, 4) is 17.2 Å². The molecule has 2 unspecified atom stereocenters. The van der Waals surface area contributed by atoms with Gasteiger partial charge in [-0.05, 0) is 53.3 Å². The van der Waals surface area contributed by atoms with E-state index in [2.05, 4.69) is 13.0 Å². The minimum atomic E-state index is -0.241. The maximum absolute atomic E-state index is 13.9. The number of aliphatic hydroxyl groups excluding tert-OH is 1. The summed E-state index contributed by atoms with van der Waals surface area (Å²) in [5.41, 5.74) is 5.11. The maximum Gasteiger partial charge on any atom is 0.261 e. The summed E-state index contributed by atoms with van der Waals surface area (Å²) in [6.07, 6.45) is 3.12.